The van der Waals surface area contributed by atoms with Crippen LogP contribution in [0.5, 0.6) is 0 Å². The Morgan fingerprint density at radius 1 is 0.244 bits per heavy atom. The molecule has 2 nitrogen and oxygen atoms in total. The largest absolute Gasteiger partial charge is 0.217 e. The molecule has 6 aromatic carbocycles. The topological polar surface area (TPSA) is 39.8 Å². The standard InChI is InChI=1S/C39H30O2/c40-38(33-23-11-3-12-24-33,34-25-13-4-14-26-34)37(31-19-7-1-8-20-31,32-21-9-2-10-22-32)39(41,35-27-15-5-16-28-35)36-29-17-6-18-30-36/h1-30H. The zero-order valence-electron chi connectivity index (χ0n) is 22.6. The van der Waals surface area contributed by atoms with Gasteiger partial charge in [0.1, 0.15) is 5.41 Å². The molecule has 0 fully saturated rings. The van der Waals surface area contributed by atoms with Crippen molar-refractivity contribution in [3.8, 4) is 0 Å². The zero-order chi connectivity index (χ0) is 28.2. The van der Waals surface area contributed by atoms with Gasteiger partial charge < -0.3 is 0 Å². The third kappa shape index (κ3) is 4.12. The number of rotatable bonds is 8. The Balaban J connectivity index is 1.91. The van der Waals surface area contributed by atoms with E-state index in [4.69, 9.17) is 0 Å². The molecule has 2 radical (unpaired) electrons. The van der Waals surface area contributed by atoms with Crippen LogP contribution in [-0.4, -0.2) is 0 Å². The van der Waals surface area contributed by atoms with Crippen molar-refractivity contribution in [1.29, 1.82) is 0 Å². The zero-order valence-corrected chi connectivity index (χ0v) is 22.6. The monoisotopic (exact) mass is 530 g/mol. The molecule has 0 aliphatic carbocycles. The van der Waals surface area contributed by atoms with E-state index in [0.717, 1.165) is 0 Å². The first-order chi connectivity index (χ1) is 20.1. The Bertz CT molecular complexity index is 1460. The highest BCUT2D eigenvalue weighted by Crippen LogP contribution is 2.62. The summed E-state index contributed by atoms with van der Waals surface area (Å²) < 4.78 is 0. The maximum Gasteiger partial charge on any atom is 0.171 e. The van der Waals surface area contributed by atoms with Gasteiger partial charge in [0.05, 0.1) is 0 Å². The van der Waals surface area contributed by atoms with Crippen LogP contribution in [0.15, 0.2) is 182 Å². The fourth-order valence-electron chi connectivity index (χ4n) is 6.49. The van der Waals surface area contributed by atoms with Gasteiger partial charge >= 0.3 is 0 Å². The molecule has 6 aromatic rings. The lowest BCUT2D eigenvalue weighted by Crippen LogP contribution is -2.62. The van der Waals surface area contributed by atoms with E-state index in [2.05, 4.69) is 0 Å². The van der Waals surface area contributed by atoms with E-state index in [1.54, 1.807) is 0 Å². The Hall–Kier alpha value is -4.76. The first-order valence-corrected chi connectivity index (χ1v) is 13.9. The molecule has 0 saturated heterocycles. The summed E-state index contributed by atoms with van der Waals surface area (Å²) in [7, 11) is 0. The average Bonchev–Trinajstić information content (AvgIpc) is 3.07. The average molecular weight is 531 g/mol. The van der Waals surface area contributed by atoms with Crippen molar-refractivity contribution < 1.29 is 10.2 Å². The van der Waals surface area contributed by atoms with Gasteiger partial charge in [0.25, 0.3) is 0 Å². The lowest BCUT2D eigenvalue weighted by molar-refractivity contribution is -0.159. The van der Waals surface area contributed by atoms with Crippen LogP contribution in [0.1, 0.15) is 33.4 Å². The van der Waals surface area contributed by atoms with Crippen LogP contribution in [0.2, 0.25) is 0 Å². The first kappa shape index (κ1) is 26.5. The molecule has 0 saturated carbocycles. The van der Waals surface area contributed by atoms with Crippen LogP contribution in [-0.2, 0) is 26.8 Å². The van der Waals surface area contributed by atoms with Crippen LogP contribution in [0.25, 0.3) is 0 Å². The predicted molar refractivity (Wildman–Crippen MR) is 162 cm³/mol. The molecule has 0 aromatic heterocycles. The molecule has 0 aliphatic heterocycles. The van der Waals surface area contributed by atoms with Crippen LogP contribution in [0, 0.1) is 0 Å². The molecular weight excluding hydrogens is 500 g/mol. The van der Waals surface area contributed by atoms with Gasteiger partial charge in [-0.2, -0.15) is 0 Å². The summed E-state index contributed by atoms with van der Waals surface area (Å²) in [6.45, 7) is 0. The first-order valence-electron chi connectivity index (χ1n) is 13.9. The molecule has 0 atom stereocenters. The predicted octanol–water partition coefficient (Wildman–Crippen LogP) is 8.72. The second-order valence-corrected chi connectivity index (χ2v) is 10.3. The molecule has 0 spiro atoms. The van der Waals surface area contributed by atoms with Gasteiger partial charge in [-0.05, 0) is 33.4 Å². The van der Waals surface area contributed by atoms with Crippen molar-refractivity contribution in [3.05, 3.63) is 215 Å². The third-order valence-corrected chi connectivity index (χ3v) is 8.19. The van der Waals surface area contributed by atoms with Gasteiger partial charge in [0, 0.05) is 0 Å². The van der Waals surface area contributed by atoms with Gasteiger partial charge in [-0.1, -0.05) is 182 Å². The fourth-order valence-corrected chi connectivity index (χ4v) is 6.49. The van der Waals surface area contributed by atoms with Crippen LogP contribution >= 0.6 is 0 Å². The summed E-state index contributed by atoms with van der Waals surface area (Å²) in [6, 6.07) is 56.8. The maximum absolute atomic E-state index is 16.7. The van der Waals surface area contributed by atoms with E-state index in [1.807, 2.05) is 182 Å². The second kappa shape index (κ2) is 11.0. The summed E-state index contributed by atoms with van der Waals surface area (Å²) in [4.78, 5) is 0. The highest BCUT2D eigenvalue weighted by Gasteiger charge is 2.69. The van der Waals surface area contributed by atoms with Gasteiger partial charge in [-0.15, -0.1) is 0 Å². The van der Waals surface area contributed by atoms with Gasteiger partial charge in [-0.25, -0.2) is 10.2 Å². The molecule has 198 valence electrons. The molecule has 2 heteroatoms. The van der Waals surface area contributed by atoms with E-state index in [9.17, 15) is 0 Å². The maximum atomic E-state index is 16.7. The Kier molecular flexibility index (Phi) is 7.11. The third-order valence-electron chi connectivity index (χ3n) is 8.19. The SMILES string of the molecule is [O]C(c1ccccc1)(c1ccccc1)C(c1ccccc1)(c1ccccc1)C([O])(c1ccccc1)c1ccccc1. The molecule has 41 heavy (non-hydrogen) atoms. The van der Waals surface area contributed by atoms with E-state index in [1.165, 1.54) is 0 Å². The van der Waals surface area contributed by atoms with Crippen molar-refractivity contribution in [1.82, 2.24) is 0 Å². The van der Waals surface area contributed by atoms with E-state index < -0.39 is 16.6 Å². The van der Waals surface area contributed by atoms with Crippen LogP contribution < -0.4 is 0 Å². The summed E-state index contributed by atoms with van der Waals surface area (Å²) in [5.41, 5.74) is -2.45. The molecule has 0 N–H and O–H groups in total. The highest BCUT2D eigenvalue weighted by molar-refractivity contribution is 5.61. The quantitative estimate of drug-likeness (QED) is 0.189. The van der Waals surface area contributed by atoms with E-state index in [0.29, 0.717) is 33.4 Å². The minimum absolute atomic E-state index is 0.519. The number of benzene rings is 6. The second-order valence-electron chi connectivity index (χ2n) is 10.3. The smallest absolute Gasteiger partial charge is 0.171 e. The fraction of sp³-hybridized carbons (Fsp3) is 0.0769. The Labute approximate surface area is 241 Å². The summed E-state index contributed by atoms with van der Waals surface area (Å²) in [5, 5.41) is 33.4. The lowest BCUT2D eigenvalue weighted by atomic mass is 9.48. The van der Waals surface area contributed by atoms with Crippen molar-refractivity contribution in [3.63, 3.8) is 0 Å². The van der Waals surface area contributed by atoms with Crippen LogP contribution in [0.3, 0.4) is 0 Å². The number of hydrogen-bond acceptors (Lipinski definition) is 0. The van der Waals surface area contributed by atoms with Crippen LogP contribution in [0.4, 0.5) is 0 Å². The summed E-state index contributed by atoms with van der Waals surface area (Å²) in [5.74, 6) is 0. The molecule has 0 amide bonds. The minimum Gasteiger partial charge on any atom is -0.217 e. The van der Waals surface area contributed by atoms with Crippen molar-refractivity contribution >= 4 is 0 Å². The normalized spacial score (nSPS) is 12.1. The lowest BCUT2D eigenvalue weighted by Gasteiger charge is -2.55. The highest BCUT2D eigenvalue weighted by atomic mass is 16.3. The number of hydrogen-bond donors (Lipinski definition) is 0. The molecule has 0 unspecified atom stereocenters. The minimum atomic E-state index is -2.06. The van der Waals surface area contributed by atoms with Crippen molar-refractivity contribution in [2.75, 3.05) is 0 Å². The summed E-state index contributed by atoms with van der Waals surface area (Å²) in [6.07, 6.45) is 0. The molecule has 6 rings (SSSR count). The Morgan fingerprint density at radius 3 is 0.610 bits per heavy atom. The van der Waals surface area contributed by atoms with Gasteiger partial charge in [-0.3, -0.25) is 0 Å². The molecule has 0 heterocycles. The van der Waals surface area contributed by atoms with Crippen molar-refractivity contribution in [2.45, 2.75) is 16.6 Å². The Morgan fingerprint density at radius 2 is 0.415 bits per heavy atom. The molecular formula is C39H30O2. The van der Waals surface area contributed by atoms with E-state index >= 15 is 10.2 Å². The summed E-state index contributed by atoms with van der Waals surface area (Å²) >= 11 is 0. The molecule has 0 bridgehead atoms. The van der Waals surface area contributed by atoms with E-state index in [-0.39, 0.29) is 0 Å². The molecule has 0 aliphatic rings. The van der Waals surface area contributed by atoms with Gasteiger partial charge in [0.2, 0.25) is 0 Å². The van der Waals surface area contributed by atoms with Gasteiger partial charge in [0.15, 0.2) is 11.2 Å². The van der Waals surface area contributed by atoms with Crippen molar-refractivity contribution in [2.24, 2.45) is 0 Å².